The summed E-state index contributed by atoms with van der Waals surface area (Å²) in [6, 6.07) is 0.224. The van der Waals surface area contributed by atoms with Gasteiger partial charge in [-0.3, -0.25) is 4.79 Å². The minimum Gasteiger partial charge on any atom is -0.449 e. The zero-order chi connectivity index (χ0) is 13.8. The van der Waals surface area contributed by atoms with E-state index in [1.54, 1.807) is 4.90 Å². The largest absolute Gasteiger partial charge is 0.449 e. The second-order valence-corrected chi connectivity index (χ2v) is 6.01. The number of hydrogen-bond donors (Lipinski definition) is 1. The molecule has 2 rings (SSSR count). The number of nitrogens with one attached hydrogen (secondary N) is 1. The van der Waals surface area contributed by atoms with Gasteiger partial charge in [0.25, 0.3) is 0 Å². The Morgan fingerprint density at radius 3 is 2.37 bits per heavy atom. The molecule has 0 radical (unpaired) electrons. The van der Waals surface area contributed by atoms with Gasteiger partial charge in [-0.05, 0) is 31.6 Å². The first-order valence-corrected chi connectivity index (χ1v) is 7.28. The Balaban J connectivity index is 1.66. The second kappa shape index (κ2) is 6.26. The smallest absolute Gasteiger partial charge is 0.409 e. The lowest BCUT2D eigenvalue weighted by Gasteiger charge is -2.31. The van der Waals surface area contributed by atoms with E-state index in [0.717, 1.165) is 25.7 Å². The molecular weight excluding hydrogens is 244 g/mol. The van der Waals surface area contributed by atoms with Gasteiger partial charge in [0, 0.05) is 25.0 Å². The summed E-state index contributed by atoms with van der Waals surface area (Å²) in [5, 5.41) is 3.07. The molecule has 5 nitrogen and oxygen atoms in total. The molecule has 1 aliphatic carbocycles. The molecule has 2 amide bonds. The quantitative estimate of drug-likeness (QED) is 0.845. The van der Waals surface area contributed by atoms with E-state index < -0.39 is 0 Å². The van der Waals surface area contributed by atoms with Gasteiger partial charge in [-0.2, -0.15) is 0 Å². The van der Waals surface area contributed by atoms with Crippen molar-refractivity contribution in [3.8, 4) is 0 Å². The topological polar surface area (TPSA) is 58.6 Å². The van der Waals surface area contributed by atoms with Crippen LogP contribution in [0.3, 0.4) is 0 Å². The van der Waals surface area contributed by atoms with Gasteiger partial charge >= 0.3 is 6.09 Å². The summed E-state index contributed by atoms with van der Waals surface area (Å²) >= 11 is 0. The van der Waals surface area contributed by atoms with Crippen molar-refractivity contribution in [2.45, 2.75) is 45.6 Å². The third-order valence-corrected chi connectivity index (χ3v) is 3.59. The molecule has 0 aromatic heterocycles. The van der Waals surface area contributed by atoms with Crippen LogP contribution in [0.4, 0.5) is 4.79 Å². The van der Waals surface area contributed by atoms with Crippen LogP contribution in [0.1, 0.15) is 39.5 Å². The lowest BCUT2D eigenvalue weighted by atomic mass is 10.1. The average Bonchev–Trinajstić information content (AvgIpc) is 3.21. The van der Waals surface area contributed by atoms with E-state index in [1.165, 1.54) is 0 Å². The van der Waals surface area contributed by atoms with Gasteiger partial charge in [-0.15, -0.1) is 0 Å². The van der Waals surface area contributed by atoms with Gasteiger partial charge in [0.2, 0.25) is 5.91 Å². The highest BCUT2D eigenvalue weighted by Crippen LogP contribution is 2.29. The molecule has 1 heterocycles. The number of carbonyl (C=O) groups is 2. The van der Waals surface area contributed by atoms with Gasteiger partial charge in [-0.25, -0.2) is 4.79 Å². The van der Waals surface area contributed by atoms with Crippen LogP contribution in [0.5, 0.6) is 0 Å². The first-order valence-electron chi connectivity index (χ1n) is 7.28. The number of likely N-dealkylation sites (tertiary alicyclic amines) is 1. The highest BCUT2D eigenvalue weighted by Gasteiger charge is 2.32. The number of carbonyl (C=O) groups excluding carboxylic acids is 2. The van der Waals surface area contributed by atoms with Gasteiger partial charge < -0.3 is 15.0 Å². The molecule has 19 heavy (non-hydrogen) atoms. The Morgan fingerprint density at radius 2 is 1.84 bits per heavy atom. The fraction of sp³-hybridized carbons (Fsp3) is 0.857. The Bertz CT molecular complexity index is 332. The number of amides is 2. The van der Waals surface area contributed by atoms with E-state index in [0.29, 0.717) is 25.6 Å². The van der Waals surface area contributed by atoms with Crippen LogP contribution in [-0.4, -0.2) is 42.6 Å². The molecule has 108 valence electrons. The molecule has 5 heteroatoms. The molecule has 0 aromatic carbocycles. The fourth-order valence-electron chi connectivity index (χ4n) is 2.20. The van der Waals surface area contributed by atoms with Crippen molar-refractivity contribution in [3.05, 3.63) is 0 Å². The van der Waals surface area contributed by atoms with Crippen molar-refractivity contribution in [1.82, 2.24) is 10.2 Å². The monoisotopic (exact) mass is 268 g/mol. The van der Waals surface area contributed by atoms with E-state index in [4.69, 9.17) is 4.74 Å². The zero-order valence-corrected chi connectivity index (χ0v) is 11.9. The summed E-state index contributed by atoms with van der Waals surface area (Å²) in [5.74, 6) is 0.814. The highest BCUT2D eigenvalue weighted by atomic mass is 16.6. The molecular formula is C14H24N2O3. The number of nitrogens with zero attached hydrogens (tertiary/aromatic N) is 1. The average molecular weight is 268 g/mol. The predicted molar refractivity (Wildman–Crippen MR) is 71.6 cm³/mol. The summed E-state index contributed by atoms with van der Waals surface area (Å²) in [6.07, 6.45) is 3.50. The SMILES string of the molecule is CC(C)COC(=O)N1CCC(NC(=O)C2CC2)CC1. The van der Waals surface area contributed by atoms with Crippen LogP contribution in [0.2, 0.25) is 0 Å². The first-order chi connectivity index (χ1) is 9.06. The molecule has 0 bridgehead atoms. The third-order valence-electron chi connectivity index (χ3n) is 3.59. The maximum Gasteiger partial charge on any atom is 0.409 e. The molecule has 1 saturated carbocycles. The van der Waals surface area contributed by atoms with Crippen LogP contribution in [-0.2, 0) is 9.53 Å². The van der Waals surface area contributed by atoms with Crippen molar-refractivity contribution in [1.29, 1.82) is 0 Å². The van der Waals surface area contributed by atoms with E-state index in [-0.39, 0.29) is 24.0 Å². The molecule has 1 saturated heterocycles. The minimum absolute atomic E-state index is 0.195. The van der Waals surface area contributed by atoms with E-state index in [1.807, 2.05) is 13.8 Å². The lowest BCUT2D eigenvalue weighted by molar-refractivity contribution is -0.123. The fourth-order valence-corrected chi connectivity index (χ4v) is 2.20. The van der Waals surface area contributed by atoms with Crippen molar-refractivity contribution in [2.24, 2.45) is 11.8 Å². The molecule has 0 atom stereocenters. The van der Waals surface area contributed by atoms with E-state index in [2.05, 4.69) is 5.32 Å². The normalized spacial score (nSPS) is 20.5. The number of rotatable bonds is 4. The molecule has 0 aromatic rings. The Morgan fingerprint density at radius 1 is 1.21 bits per heavy atom. The summed E-state index contributed by atoms with van der Waals surface area (Å²) in [6.45, 7) is 5.86. The molecule has 1 N–H and O–H groups in total. The van der Waals surface area contributed by atoms with Gasteiger partial charge in [-0.1, -0.05) is 13.8 Å². The number of piperidine rings is 1. The van der Waals surface area contributed by atoms with Crippen molar-refractivity contribution >= 4 is 12.0 Å². The Labute approximate surface area is 114 Å². The molecule has 2 fully saturated rings. The van der Waals surface area contributed by atoms with Crippen LogP contribution in [0, 0.1) is 11.8 Å². The Hall–Kier alpha value is -1.26. The molecule has 2 aliphatic rings. The van der Waals surface area contributed by atoms with Crippen LogP contribution in [0.15, 0.2) is 0 Å². The summed E-state index contributed by atoms with van der Waals surface area (Å²) in [5.41, 5.74) is 0. The Kier molecular flexibility index (Phi) is 4.66. The van der Waals surface area contributed by atoms with Gasteiger partial charge in [0.05, 0.1) is 6.61 Å². The lowest BCUT2D eigenvalue weighted by Crippen LogP contribution is -2.47. The summed E-state index contributed by atoms with van der Waals surface area (Å²) < 4.78 is 5.21. The van der Waals surface area contributed by atoms with Gasteiger partial charge in [0.15, 0.2) is 0 Å². The zero-order valence-electron chi connectivity index (χ0n) is 11.9. The molecule has 1 aliphatic heterocycles. The number of ether oxygens (including phenoxy) is 1. The standard InChI is InChI=1S/C14H24N2O3/c1-10(2)9-19-14(18)16-7-5-12(6-8-16)15-13(17)11-3-4-11/h10-12H,3-9H2,1-2H3,(H,15,17). The predicted octanol–water partition coefficient (Wildman–Crippen LogP) is 1.77. The van der Waals surface area contributed by atoms with Crippen LogP contribution >= 0.6 is 0 Å². The van der Waals surface area contributed by atoms with E-state index in [9.17, 15) is 9.59 Å². The van der Waals surface area contributed by atoms with E-state index >= 15 is 0 Å². The van der Waals surface area contributed by atoms with Crippen molar-refractivity contribution < 1.29 is 14.3 Å². The molecule has 0 spiro atoms. The van der Waals surface area contributed by atoms with Crippen LogP contribution in [0.25, 0.3) is 0 Å². The summed E-state index contributed by atoms with van der Waals surface area (Å²) in [4.78, 5) is 25.2. The summed E-state index contributed by atoms with van der Waals surface area (Å²) in [7, 11) is 0. The maximum atomic E-state index is 11.8. The van der Waals surface area contributed by atoms with Crippen molar-refractivity contribution in [2.75, 3.05) is 19.7 Å². The second-order valence-electron chi connectivity index (χ2n) is 6.01. The van der Waals surface area contributed by atoms with Gasteiger partial charge in [0.1, 0.15) is 0 Å². The maximum absolute atomic E-state index is 11.8. The third kappa shape index (κ3) is 4.40. The first kappa shape index (κ1) is 14.2. The van der Waals surface area contributed by atoms with Crippen molar-refractivity contribution in [3.63, 3.8) is 0 Å². The molecule has 0 unspecified atom stereocenters. The van der Waals surface area contributed by atoms with Crippen LogP contribution < -0.4 is 5.32 Å². The highest BCUT2D eigenvalue weighted by molar-refractivity contribution is 5.81. The number of hydrogen-bond acceptors (Lipinski definition) is 3. The minimum atomic E-state index is -0.222.